The van der Waals surface area contributed by atoms with Crippen LogP contribution in [0.5, 0.6) is 0 Å². The SMILES string of the molecule is O=c1c2nn(-c3ccc(Cl)c(Cl)c3)cc2cnn1C1CCNCC1. The second kappa shape index (κ2) is 6.20. The third kappa shape index (κ3) is 2.70. The summed E-state index contributed by atoms with van der Waals surface area (Å²) < 4.78 is 3.19. The Balaban J connectivity index is 1.79. The normalized spacial score (nSPS) is 15.9. The largest absolute Gasteiger partial charge is 0.317 e. The fourth-order valence-electron chi connectivity index (χ4n) is 3.00. The third-order valence-electron chi connectivity index (χ3n) is 4.30. The number of halogens is 2. The topological polar surface area (TPSA) is 64.7 Å². The Morgan fingerprint density at radius 2 is 1.96 bits per heavy atom. The minimum Gasteiger partial charge on any atom is -0.317 e. The van der Waals surface area contributed by atoms with Crippen molar-refractivity contribution in [3.8, 4) is 5.69 Å². The second-order valence-corrected chi connectivity index (χ2v) is 6.67. The van der Waals surface area contributed by atoms with Crippen LogP contribution in [0.2, 0.25) is 10.0 Å². The van der Waals surface area contributed by atoms with E-state index in [0.29, 0.717) is 20.9 Å². The van der Waals surface area contributed by atoms with Gasteiger partial charge in [0, 0.05) is 11.6 Å². The van der Waals surface area contributed by atoms with Gasteiger partial charge >= 0.3 is 0 Å². The van der Waals surface area contributed by atoms with Crippen molar-refractivity contribution in [1.29, 1.82) is 0 Å². The molecule has 0 aliphatic carbocycles. The molecule has 1 aliphatic heterocycles. The summed E-state index contributed by atoms with van der Waals surface area (Å²) in [4.78, 5) is 12.8. The predicted octanol–water partition coefficient (Wildman–Crippen LogP) is 2.81. The molecule has 1 N–H and O–H groups in total. The van der Waals surface area contributed by atoms with Crippen molar-refractivity contribution in [2.45, 2.75) is 18.9 Å². The summed E-state index contributed by atoms with van der Waals surface area (Å²) in [6.45, 7) is 1.79. The van der Waals surface area contributed by atoms with Crippen molar-refractivity contribution < 1.29 is 0 Å². The summed E-state index contributed by atoms with van der Waals surface area (Å²) in [6, 6.07) is 5.35. The maximum absolute atomic E-state index is 12.8. The van der Waals surface area contributed by atoms with Crippen LogP contribution in [0.3, 0.4) is 0 Å². The monoisotopic (exact) mass is 363 g/mol. The molecule has 124 valence electrons. The highest BCUT2D eigenvalue weighted by atomic mass is 35.5. The predicted molar refractivity (Wildman–Crippen MR) is 94.3 cm³/mol. The van der Waals surface area contributed by atoms with Crippen molar-refractivity contribution in [3.05, 3.63) is 51.0 Å². The molecule has 3 heterocycles. The maximum atomic E-state index is 12.8. The fraction of sp³-hybridized carbons (Fsp3) is 0.312. The molecule has 0 bridgehead atoms. The van der Waals surface area contributed by atoms with Crippen molar-refractivity contribution in [3.63, 3.8) is 0 Å². The Morgan fingerprint density at radius 1 is 1.17 bits per heavy atom. The summed E-state index contributed by atoms with van der Waals surface area (Å²) in [5.74, 6) is 0. The van der Waals surface area contributed by atoms with Gasteiger partial charge in [-0.25, -0.2) is 9.36 Å². The van der Waals surface area contributed by atoms with Gasteiger partial charge in [-0.15, -0.1) is 0 Å². The second-order valence-electron chi connectivity index (χ2n) is 5.85. The van der Waals surface area contributed by atoms with Gasteiger partial charge in [0.15, 0.2) is 5.52 Å². The van der Waals surface area contributed by atoms with Crippen LogP contribution < -0.4 is 10.9 Å². The number of rotatable bonds is 2. The van der Waals surface area contributed by atoms with Crippen molar-refractivity contribution >= 4 is 34.1 Å². The Labute approximate surface area is 148 Å². The molecule has 0 unspecified atom stereocenters. The highest BCUT2D eigenvalue weighted by molar-refractivity contribution is 6.42. The van der Waals surface area contributed by atoms with Crippen LogP contribution in [0.4, 0.5) is 0 Å². The summed E-state index contributed by atoms with van der Waals surface area (Å²) in [5.41, 5.74) is 1.00. The maximum Gasteiger partial charge on any atom is 0.295 e. The molecular formula is C16H15Cl2N5O. The van der Waals surface area contributed by atoms with Crippen LogP contribution in [0, 0.1) is 0 Å². The van der Waals surface area contributed by atoms with E-state index in [1.54, 1.807) is 40.0 Å². The first kappa shape index (κ1) is 15.6. The molecule has 0 atom stereocenters. The smallest absolute Gasteiger partial charge is 0.295 e. The zero-order valence-electron chi connectivity index (χ0n) is 12.7. The molecule has 6 nitrogen and oxygen atoms in total. The summed E-state index contributed by atoms with van der Waals surface area (Å²) in [7, 11) is 0. The Kier molecular flexibility index (Phi) is 4.04. The summed E-state index contributed by atoms with van der Waals surface area (Å²) >= 11 is 12.0. The van der Waals surface area contributed by atoms with Crippen LogP contribution in [0.25, 0.3) is 16.6 Å². The molecular weight excluding hydrogens is 349 g/mol. The van der Waals surface area contributed by atoms with Gasteiger partial charge in [-0.3, -0.25) is 4.79 Å². The number of hydrogen-bond acceptors (Lipinski definition) is 4. The lowest BCUT2D eigenvalue weighted by Gasteiger charge is -2.23. The molecule has 3 aromatic rings. The van der Waals surface area contributed by atoms with E-state index < -0.39 is 0 Å². The highest BCUT2D eigenvalue weighted by Gasteiger charge is 2.19. The molecule has 1 aromatic carbocycles. The van der Waals surface area contributed by atoms with E-state index in [1.807, 2.05) is 0 Å². The average molecular weight is 364 g/mol. The fourth-order valence-corrected chi connectivity index (χ4v) is 3.30. The van der Waals surface area contributed by atoms with Gasteiger partial charge in [0.05, 0.1) is 28.0 Å². The van der Waals surface area contributed by atoms with E-state index in [0.717, 1.165) is 31.6 Å². The van der Waals surface area contributed by atoms with E-state index in [9.17, 15) is 4.79 Å². The average Bonchev–Trinajstić information content (AvgIpc) is 3.04. The lowest BCUT2D eigenvalue weighted by Crippen LogP contribution is -2.35. The highest BCUT2D eigenvalue weighted by Crippen LogP contribution is 2.25. The quantitative estimate of drug-likeness (QED) is 0.760. The van der Waals surface area contributed by atoms with Crippen LogP contribution >= 0.6 is 23.2 Å². The lowest BCUT2D eigenvalue weighted by molar-refractivity contribution is 0.333. The summed E-state index contributed by atoms with van der Waals surface area (Å²) in [5, 5.41) is 13.7. The van der Waals surface area contributed by atoms with Gasteiger partial charge in [0.1, 0.15) is 0 Å². The van der Waals surface area contributed by atoms with Crippen LogP contribution in [-0.4, -0.2) is 32.7 Å². The van der Waals surface area contributed by atoms with E-state index in [2.05, 4.69) is 15.5 Å². The molecule has 0 saturated carbocycles. The standard InChI is InChI=1S/C16H15Cl2N5O/c17-13-2-1-12(7-14(13)18)22-9-10-8-20-23(16(24)15(10)21-22)11-3-5-19-6-4-11/h1-2,7-9,11,19H,3-6H2. The van der Waals surface area contributed by atoms with Crippen molar-refractivity contribution in [2.75, 3.05) is 13.1 Å². The Morgan fingerprint density at radius 3 is 2.71 bits per heavy atom. The first-order valence-electron chi connectivity index (χ1n) is 7.77. The molecule has 0 amide bonds. The minimum atomic E-state index is -0.154. The number of fused-ring (bicyclic) bond motifs is 1. The lowest BCUT2D eigenvalue weighted by atomic mass is 10.1. The minimum absolute atomic E-state index is 0.123. The first-order chi connectivity index (χ1) is 11.6. The van der Waals surface area contributed by atoms with Gasteiger partial charge in [-0.2, -0.15) is 10.2 Å². The molecule has 4 rings (SSSR count). The van der Waals surface area contributed by atoms with Gasteiger partial charge in [-0.05, 0) is 44.1 Å². The van der Waals surface area contributed by atoms with Gasteiger partial charge in [0.25, 0.3) is 5.56 Å². The first-order valence-corrected chi connectivity index (χ1v) is 8.52. The Bertz CT molecular complexity index is 959. The molecule has 24 heavy (non-hydrogen) atoms. The number of aromatic nitrogens is 4. The summed E-state index contributed by atoms with van der Waals surface area (Å²) in [6.07, 6.45) is 5.26. The molecule has 1 aliphatic rings. The van der Waals surface area contributed by atoms with Gasteiger partial charge in [-0.1, -0.05) is 23.2 Å². The molecule has 1 saturated heterocycles. The van der Waals surface area contributed by atoms with Gasteiger partial charge in [0.2, 0.25) is 0 Å². The van der Waals surface area contributed by atoms with Gasteiger partial charge < -0.3 is 5.32 Å². The number of piperidine rings is 1. The molecule has 0 spiro atoms. The number of benzene rings is 1. The molecule has 1 fully saturated rings. The number of nitrogens with one attached hydrogen (secondary N) is 1. The molecule has 8 heteroatoms. The Hall–Kier alpha value is -1.89. The molecule has 0 radical (unpaired) electrons. The van der Waals surface area contributed by atoms with Crippen LogP contribution in [0.1, 0.15) is 18.9 Å². The van der Waals surface area contributed by atoms with E-state index >= 15 is 0 Å². The van der Waals surface area contributed by atoms with Crippen LogP contribution in [-0.2, 0) is 0 Å². The van der Waals surface area contributed by atoms with E-state index in [-0.39, 0.29) is 11.6 Å². The van der Waals surface area contributed by atoms with Crippen molar-refractivity contribution in [1.82, 2.24) is 24.9 Å². The zero-order chi connectivity index (χ0) is 16.7. The number of nitrogens with zero attached hydrogens (tertiary/aromatic N) is 4. The van der Waals surface area contributed by atoms with E-state index in [4.69, 9.17) is 23.2 Å². The third-order valence-corrected chi connectivity index (χ3v) is 5.04. The molecule has 2 aromatic heterocycles. The zero-order valence-corrected chi connectivity index (χ0v) is 14.3. The van der Waals surface area contributed by atoms with Crippen molar-refractivity contribution in [2.24, 2.45) is 0 Å². The van der Waals surface area contributed by atoms with E-state index in [1.165, 1.54) is 0 Å². The number of hydrogen-bond donors (Lipinski definition) is 1. The van der Waals surface area contributed by atoms with Crippen LogP contribution in [0.15, 0.2) is 35.4 Å².